The predicted octanol–water partition coefficient (Wildman–Crippen LogP) is 1.73. The summed E-state index contributed by atoms with van der Waals surface area (Å²) in [6.07, 6.45) is -3.98. The number of carbonyl (C=O) groups is 1. The van der Waals surface area contributed by atoms with Gasteiger partial charge in [-0.05, 0) is 26.0 Å². The van der Waals surface area contributed by atoms with E-state index >= 15 is 0 Å². The molecule has 0 radical (unpaired) electrons. The second-order valence-corrected chi connectivity index (χ2v) is 8.00. The number of methoxy groups -OCH3 is 1. The van der Waals surface area contributed by atoms with Crippen LogP contribution in [0.2, 0.25) is 0 Å². The van der Waals surface area contributed by atoms with E-state index in [2.05, 4.69) is 20.6 Å². The van der Waals surface area contributed by atoms with Crippen molar-refractivity contribution >= 4 is 21.4 Å². The molecule has 2 rings (SSSR count). The van der Waals surface area contributed by atoms with Crippen molar-refractivity contribution in [3.8, 4) is 5.82 Å². The second-order valence-electron chi connectivity index (χ2n) is 6.04. The molecule has 0 bridgehead atoms. The Bertz CT molecular complexity index is 971. The molecule has 1 atom stereocenters. The average Bonchev–Trinajstić information content (AvgIpc) is 2.94. The Hall–Kier alpha value is -2.54. The van der Waals surface area contributed by atoms with Gasteiger partial charge in [0.15, 0.2) is 32.2 Å². The fraction of sp³-hybridized carbons (Fsp3) is 0.467. The molecule has 0 aromatic carbocycles. The van der Waals surface area contributed by atoms with E-state index in [9.17, 15) is 26.4 Å². The second kappa shape index (κ2) is 7.83. The molecule has 0 aliphatic carbocycles. The lowest BCUT2D eigenvalue weighted by atomic mass is 10.1. The highest BCUT2D eigenvalue weighted by molar-refractivity contribution is 7.90. The van der Waals surface area contributed by atoms with E-state index in [1.807, 2.05) is 0 Å². The maximum absolute atomic E-state index is 13.4. The van der Waals surface area contributed by atoms with E-state index in [1.165, 1.54) is 7.11 Å². The molecule has 2 heterocycles. The third-order valence-corrected chi connectivity index (χ3v) is 4.51. The van der Waals surface area contributed by atoms with Gasteiger partial charge in [0.25, 0.3) is 0 Å². The summed E-state index contributed by atoms with van der Waals surface area (Å²) in [7, 11) is -2.23. The zero-order valence-electron chi connectivity index (χ0n) is 15.4. The molecule has 0 aliphatic rings. The number of sulfone groups is 1. The molecule has 9 nitrogen and oxygen atoms in total. The molecular weight excluding hydrogens is 403 g/mol. The van der Waals surface area contributed by atoms with Crippen LogP contribution in [0, 0.1) is 0 Å². The molecule has 0 fully saturated rings. The smallest absolute Gasteiger partial charge is 0.383 e. The molecule has 1 N–H and O–H groups in total. The number of aromatic nitrogens is 4. The zero-order chi connectivity index (χ0) is 21.3. The van der Waals surface area contributed by atoms with Crippen molar-refractivity contribution in [3.63, 3.8) is 0 Å². The topological polar surface area (TPSA) is 116 Å². The van der Waals surface area contributed by atoms with Gasteiger partial charge in [-0.15, -0.1) is 10.2 Å². The van der Waals surface area contributed by atoms with Crippen LogP contribution >= 0.6 is 0 Å². The minimum atomic E-state index is -4.90. The number of ketones is 1. The number of Topliss-reactive ketones (excluding diaryl/α,β-unsaturated/α-hetero) is 1. The molecular formula is C15H18F3N5O4S. The Morgan fingerprint density at radius 1 is 1.32 bits per heavy atom. The summed E-state index contributed by atoms with van der Waals surface area (Å²) in [5.41, 5.74) is -2.05. The minimum absolute atomic E-state index is 0.141. The Morgan fingerprint density at radius 3 is 2.39 bits per heavy atom. The molecule has 2 aromatic heterocycles. The summed E-state index contributed by atoms with van der Waals surface area (Å²) in [4.78, 5) is 12.0. The van der Waals surface area contributed by atoms with Gasteiger partial charge in [0.2, 0.25) is 0 Å². The molecule has 154 valence electrons. The van der Waals surface area contributed by atoms with Crippen LogP contribution in [-0.2, 0) is 20.8 Å². The first-order valence-corrected chi connectivity index (χ1v) is 9.76. The Morgan fingerprint density at radius 2 is 1.96 bits per heavy atom. The van der Waals surface area contributed by atoms with Gasteiger partial charge in [-0.1, -0.05) is 0 Å². The monoisotopic (exact) mass is 421 g/mol. The molecule has 0 aliphatic heterocycles. The van der Waals surface area contributed by atoms with Gasteiger partial charge in [0.1, 0.15) is 5.82 Å². The normalized spacial score (nSPS) is 13.4. The largest absolute Gasteiger partial charge is 0.435 e. The molecule has 0 amide bonds. The standard InChI is InChI=1S/C15H18F3N5O4S/c1-8(7-27-3)19-14-12(9(2)24)13(15(16,17)18)22-23(14)10-5-6-11(21-20-10)28(4,25)26/h5-6,8,19H,7H2,1-4H3. The van der Waals surface area contributed by atoms with Crippen LogP contribution in [-0.4, -0.2) is 60.2 Å². The number of anilines is 1. The first-order valence-electron chi connectivity index (χ1n) is 7.87. The van der Waals surface area contributed by atoms with Crippen LogP contribution in [0.5, 0.6) is 0 Å². The van der Waals surface area contributed by atoms with Gasteiger partial charge < -0.3 is 10.1 Å². The summed E-state index contributed by atoms with van der Waals surface area (Å²) in [6, 6.07) is 1.76. The number of nitrogens with zero attached hydrogens (tertiary/aromatic N) is 4. The molecule has 0 saturated heterocycles. The maximum Gasteiger partial charge on any atom is 0.435 e. The van der Waals surface area contributed by atoms with E-state index in [0.717, 1.165) is 30.0 Å². The van der Waals surface area contributed by atoms with Crippen LogP contribution in [0.1, 0.15) is 29.9 Å². The lowest BCUT2D eigenvalue weighted by Crippen LogP contribution is -2.24. The highest BCUT2D eigenvalue weighted by Gasteiger charge is 2.41. The number of rotatable bonds is 7. The summed E-state index contributed by atoms with van der Waals surface area (Å²) in [6.45, 7) is 2.76. The van der Waals surface area contributed by atoms with Gasteiger partial charge >= 0.3 is 6.18 Å². The van der Waals surface area contributed by atoms with Gasteiger partial charge in [-0.2, -0.15) is 23.0 Å². The van der Waals surface area contributed by atoms with Crippen LogP contribution < -0.4 is 5.32 Å². The van der Waals surface area contributed by atoms with Crippen molar-refractivity contribution < 1.29 is 31.1 Å². The van der Waals surface area contributed by atoms with E-state index < -0.39 is 39.1 Å². The average molecular weight is 421 g/mol. The third-order valence-electron chi connectivity index (χ3n) is 3.53. The Kier molecular flexibility index (Phi) is 6.09. The van der Waals surface area contributed by atoms with E-state index in [4.69, 9.17) is 4.74 Å². The van der Waals surface area contributed by atoms with E-state index in [-0.39, 0.29) is 23.3 Å². The van der Waals surface area contributed by atoms with Crippen molar-refractivity contribution in [1.82, 2.24) is 20.0 Å². The van der Waals surface area contributed by atoms with Crippen molar-refractivity contribution in [2.75, 3.05) is 25.3 Å². The summed E-state index contributed by atoms with van der Waals surface area (Å²) in [5.74, 6) is -1.30. The first-order chi connectivity index (χ1) is 12.9. The fourth-order valence-corrected chi connectivity index (χ4v) is 2.90. The molecule has 28 heavy (non-hydrogen) atoms. The number of ether oxygens (including phenoxy) is 1. The Labute approximate surface area is 158 Å². The van der Waals surface area contributed by atoms with Crippen LogP contribution in [0.3, 0.4) is 0 Å². The molecule has 0 saturated carbocycles. The minimum Gasteiger partial charge on any atom is -0.383 e. The summed E-state index contributed by atoms with van der Waals surface area (Å²) in [5, 5.41) is 13.1. The van der Waals surface area contributed by atoms with E-state index in [0.29, 0.717) is 0 Å². The van der Waals surface area contributed by atoms with E-state index in [1.54, 1.807) is 6.92 Å². The Balaban J connectivity index is 2.69. The number of halogens is 3. The van der Waals surface area contributed by atoms with Crippen LogP contribution in [0.4, 0.5) is 19.0 Å². The third kappa shape index (κ3) is 4.65. The number of hydrogen-bond acceptors (Lipinski definition) is 8. The van der Waals surface area contributed by atoms with Crippen LogP contribution in [0.25, 0.3) is 5.82 Å². The van der Waals surface area contributed by atoms with Gasteiger partial charge in [-0.25, -0.2) is 8.42 Å². The summed E-state index contributed by atoms with van der Waals surface area (Å²) < 4.78 is 69.0. The van der Waals surface area contributed by atoms with Crippen LogP contribution in [0.15, 0.2) is 17.2 Å². The van der Waals surface area contributed by atoms with Crippen molar-refractivity contribution in [2.45, 2.75) is 31.1 Å². The highest BCUT2D eigenvalue weighted by atomic mass is 32.2. The van der Waals surface area contributed by atoms with Crippen molar-refractivity contribution in [1.29, 1.82) is 0 Å². The van der Waals surface area contributed by atoms with Crippen molar-refractivity contribution in [2.24, 2.45) is 0 Å². The number of hydrogen-bond donors (Lipinski definition) is 1. The maximum atomic E-state index is 13.4. The molecule has 13 heteroatoms. The fourth-order valence-electron chi connectivity index (χ4n) is 2.40. The van der Waals surface area contributed by atoms with Gasteiger partial charge in [0.05, 0.1) is 12.2 Å². The molecule has 0 spiro atoms. The molecule has 2 aromatic rings. The highest BCUT2D eigenvalue weighted by Crippen LogP contribution is 2.36. The number of carbonyl (C=O) groups excluding carboxylic acids is 1. The van der Waals surface area contributed by atoms with Crippen molar-refractivity contribution in [3.05, 3.63) is 23.4 Å². The zero-order valence-corrected chi connectivity index (χ0v) is 16.2. The van der Waals surface area contributed by atoms with Gasteiger partial charge in [-0.3, -0.25) is 4.79 Å². The molecule has 1 unspecified atom stereocenters. The lowest BCUT2D eigenvalue weighted by molar-refractivity contribution is -0.141. The summed E-state index contributed by atoms with van der Waals surface area (Å²) >= 11 is 0. The quantitative estimate of drug-likeness (QED) is 0.672. The predicted molar refractivity (Wildman–Crippen MR) is 92.2 cm³/mol. The number of nitrogens with one attached hydrogen (secondary N) is 1. The number of alkyl halides is 3. The van der Waals surface area contributed by atoms with Gasteiger partial charge in [0, 0.05) is 19.4 Å². The SMILES string of the molecule is COCC(C)Nc1c(C(C)=O)c(C(F)(F)F)nn1-c1ccc(S(C)(=O)=O)nn1. The lowest BCUT2D eigenvalue weighted by Gasteiger charge is -2.16. The first kappa shape index (κ1) is 21.8.